The highest BCUT2D eigenvalue weighted by atomic mass is 32.2. The van der Waals surface area contributed by atoms with Gasteiger partial charge in [0.2, 0.25) is 10.0 Å². The maximum atomic E-state index is 13.9. The summed E-state index contributed by atoms with van der Waals surface area (Å²) < 4.78 is 81.5. The highest BCUT2D eigenvalue weighted by Gasteiger charge is 2.42. The summed E-state index contributed by atoms with van der Waals surface area (Å²) in [5.41, 5.74) is 1.65. The molecule has 3 N–H and O–H groups in total. The number of amides is 1. The first-order valence-corrected chi connectivity index (χ1v) is 23.8. The Kier molecular flexibility index (Phi) is 18.0. The number of hydrogen-bond donors (Lipinski definition) is 3. The fraction of sp³-hybridized carbons (Fsp3) is 0.535. The van der Waals surface area contributed by atoms with E-state index in [9.17, 15) is 27.7 Å². The smallest absolute Gasteiger partial charge is 0.407 e. The molecule has 1 amide bonds. The number of carbonyl (C=O) groups is 2. The zero-order valence-electron chi connectivity index (χ0n) is 35.5. The molecule has 0 radical (unpaired) electrons. The third kappa shape index (κ3) is 14.2. The van der Waals surface area contributed by atoms with E-state index in [2.05, 4.69) is 10.6 Å². The molecule has 7 atom stereocenters. The number of aliphatic hydroxyl groups excluding tert-OH is 1. The topological polar surface area (TPSA) is 197 Å². The lowest BCUT2D eigenvalue weighted by Crippen LogP contribution is -2.51. The molecule has 0 aromatic heterocycles. The Bertz CT molecular complexity index is 1990. The van der Waals surface area contributed by atoms with Gasteiger partial charge in [-0.15, -0.1) is 0 Å². The number of nitrogens with one attached hydrogen (secondary N) is 2. The second-order valence-electron chi connectivity index (χ2n) is 15.5. The summed E-state index contributed by atoms with van der Waals surface area (Å²) in [5.74, 6) is 0.246. The van der Waals surface area contributed by atoms with E-state index in [1.165, 1.54) is 30.5 Å². The van der Waals surface area contributed by atoms with E-state index in [1.54, 1.807) is 49.4 Å². The molecule has 16 nitrogen and oxygen atoms in total. The normalized spacial score (nSPS) is 20.0. The third-order valence-electron chi connectivity index (χ3n) is 10.3. The summed E-state index contributed by atoms with van der Waals surface area (Å²) in [5, 5.41) is 17.8. The van der Waals surface area contributed by atoms with Gasteiger partial charge in [-0.3, -0.25) is 4.52 Å². The Labute approximate surface area is 359 Å². The largest absolute Gasteiger partial charge is 0.497 e. The van der Waals surface area contributed by atoms with Crippen molar-refractivity contribution in [2.24, 2.45) is 17.8 Å². The number of esters is 1. The van der Waals surface area contributed by atoms with Crippen LogP contribution in [-0.2, 0) is 55.8 Å². The lowest BCUT2D eigenvalue weighted by molar-refractivity contribution is -0.150. The van der Waals surface area contributed by atoms with Gasteiger partial charge in [-0.1, -0.05) is 56.3 Å². The third-order valence-corrected chi connectivity index (χ3v) is 14.1. The van der Waals surface area contributed by atoms with Crippen LogP contribution >= 0.6 is 7.60 Å². The molecule has 3 aromatic rings. The number of fused-ring (bicyclic) bond motifs is 1. The summed E-state index contributed by atoms with van der Waals surface area (Å²) in [6.07, 6.45) is -2.52. The van der Waals surface area contributed by atoms with E-state index in [0.29, 0.717) is 31.3 Å². The summed E-state index contributed by atoms with van der Waals surface area (Å²) in [6, 6.07) is 21.2. The number of sulfonamides is 1. The first-order valence-electron chi connectivity index (χ1n) is 20.7. The molecule has 2 fully saturated rings. The van der Waals surface area contributed by atoms with Crippen LogP contribution in [0.5, 0.6) is 11.5 Å². The van der Waals surface area contributed by atoms with Crippen molar-refractivity contribution in [2.75, 3.05) is 59.3 Å². The Balaban J connectivity index is 1.24. The summed E-state index contributed by atoms with van der Waals surface area (Å²) in [4.78, 5) is 25.6. The van der Waals surface area contributed by atoms with Crippen LogP contribution in [0.4, 0.5) is 4.79 Å². The van der Waals surface area contributed by atoms with Gasteiger partial charge >= 0.3 is 19.7 Å². The second-order valence-corrected chi connectivity index (χ2v) is 19.5. The van der Waals surface area contributed by atoms with Gasteiger partial charge in [0.05, 0.1) is 56.7 Å². The predicted molar refractivity (Wildman–Crippen MR) is 227 cm³/mol. The zero-order chi connectivity index (χ0) is 44.0. The van der Waals surface area contributed by atoms with Crippen LogP contribution in [0.25, 0.3) is 0 Å². The maximum absolute atomic E-state index is 13.9. The van der Waals surface area contributed by atoms with Crippen molar-refractivity contribution in [1.29, 1.82) is 0 Å². The van der Waals surface area contributed by atoms with Crippen LogP contribution in [0.2, 0.25) is 0 Å². The first-order chi connectivity index (χ1) is 29.2. The standard InChI is InChI=1S/C43H60N3O13PS/c1-6-54-41(48)31(4)58-60(50,59-36-10-8-7-9-11-36)23-21-44-25-33-14-12-32(13-15-33)24-39(45-43(49)57-29-34-28-56-42-38(34)20-22-55-42)40(47)27-46(26-30(2)3)61(51,52)37-18-16-35(53-5)17-19-37/h7-19,30-31,34,38-40,42,44,47H,6,20-29H2,1-5H3,(H,45,49)/t31-,34?,38?,39?,40-,42?,60?/m1/s1. The van der Waals surface area contributed by atoms with E-state index >= 15 is 0 Å². The quantitative estimate of drug-likeness (QED) is 0.0589. The van der Waals surface area contributed by atoms with Crippen LogP contribution in [-0.4, -0.2) is 114 Å². The lowest BCUT2D eigenvalue weighted by Gasteiger charge is -2.30. The molecule has 336 valence electrons. The van der Waals surface area contributed by atoms with Gasteiger partial charge in [0.25, 0.3) is 0 Å². The SMILES string of the molecule is CCOC(=O)[C@@H](C)OP(=O)(CCNCc1ccc(CC(NC(=O)OCC2COC3OCCC23)[C@H](O)CN(CC(C)C)S(=O)(=O)c2ccc(OC)cc2)cc1)Oc1ccccc1. The molecule has 2 saturated heterocycles. The molecule has 18 heteroatoms. The molecule has 0 bridgehead atoms. The van der Waals surface area contributed by atoms with Crippen molar-refractivity contribution in [3.63, 3.8) is 0 Å². The number of aliphatic hydroxyl groups is 1. The number of rotatable bonds is 24. The van der Waals surface area contributed by atoms with Crippen molar-refractivity contribution >= 4 is 29.7 Å². The molecular formula is C43H60N3O13PS. The van der Waals surface area contributed by atoms with Crippen molar-refractivity contribution in [3.8, 4) is 11.5 Å². The van der Waals surface area contributed by atoms with Crippen molar-refractivity contribution < 1.29 is 60.4 Å². The molecule has 0 saturated carbocycles. The first kappa shape index (κ1) is 48.0. The Morgan fingerprint density at radius 3 is 2.31 bits per heavy atom. The van der Waals surface area contributed by atoms with Gasteiger partial charge in [-0.2, -0.15) is 4.31 Å². The van der Waals surface area contributed by atoms with Crippen LogP contribution in [0.15, 0.2) is 83.8 Å². The molecule has 3 aromatic carbocycles. The van der Waals surface area contributed by atoms with Crippen molar-refractivity contribution in [2.45, 2.75) is 76.5 Å². The Morgan fingerprint density at radius 1 is 0.934 bits per heavy atom. The predicted octanol–water partition coefficient (Wildman–Crippen LogP) is 5.38. The van der Waals surface area contributed by atoms with Crippen LogP contribution in [0.3, 0.4) is 0 Å². The highest BCUT2D eigenvalue weighted by Crippen LogP contribution is 2.49. The number of nitrogens with zero attached hydrogens (tertiary/aromatic N) is 1. The van der Waals surface area contributed by atoms with Crippen LogP contribution < -0.4 is 19.9 Å². The van der Waals surface area contributed by atoms with E-state index in [0.717, 1.165) is 17.5 Å². The van der Waals surface area contributed by atoms with Gasteiger partial charge in [0.15, 0.2) is 12.4 Å². The number of alkyl carbamates (subject to hydrolysis) is 1. The van der Waals surface area contributed by atoms with Crippen LogP contribution in [0, 0.1) is 17.8 Å². The van der Waals surface area contributed by atoms with E-state index in [1.807, 2.05) is 38.1 Å². The van der Waals surface area contributed by atoms with Gasteiger partial charge < -0.3 is 43.9 Å². The summed E-state index contributed by atoms with van der Waals surface area (Å²) in [6.45, 7) is 8.62. The molecule has 2 aliphatic heterocycles. The van der Waals surface area contributed by atoms with Gasteiger partial charge in [0, 0.05) is 38.0 Å². The van der Waals surface area contributed by atoms with Crippen molar-refractivity contribution in [3.05, 3.63) is 90.0 Å². The monoisotopic (exact) mass is 889 g/mol. The summed E-state index contributed by atoms with van der Waals surface area (Å²) >= 11 is 0. The molecule has 5 unspecified atom stereocenters. The zero-order valence-corrected chi connectivity index (χ0v) is 37.2. The van der Waals surface area contributed by atoms with E-state index < -0.39 is 47.9 Å². The Morgan fingerprint density at radius 2 is 1.64 bits per heavy atom. The number of benzene rings is 3. The van der Waals surface area contributed by atoms with E-state index in [-0.39, 0.29) is 74.4 Å². The fourth-order valence-corrected chi connectivity index (χ4v) is 10.4. The minimum Gasteiger partial charge on any atom is -0.497 e. The molecule has 0 spiro atoms. The average molecular weight is 890 g/mol. The molecule has 2 aliphatic rings. The number of ether oxygens (including phenoxy) is 5. The van der Waals surface area contributed by atoms with Gasteiger partial charge in [0.1, 0.15) is 11.5 Å². The maximum Gasteiger partial charge on any atom is 0.407 e. The highest BCUT2D eigenvalue weighted by molar-refractivity contribution is 7.89. The minimum absolute atomic E-state index is 0.0250. The number of para-hydroxylation sites is 1. The average Bonchev–Trinajstić information content (AvgIpc) is 3.87. The number of carbonyl (C=O) groups excluding carboxylic acids is 2. The van der Waals surface area contributed by atoms with E-state index in [4.69, 9.17) is 32.7 Å². The fourth-order valence-electron chi connectivity index (χ4n) is 7.09. The summed E-state index contributed by atoms with van der Waals surface area (Å²) in [7, 11) is -6.35. The second kappa shape index (κ2) is 22.9. The Hall–Kier alpha value is -4.06. The van der Waals surface area contributed by atoms with Gasteiger partial charge in [-0.05, 0) is 80.1 Å². The molecule has 61 heavy (non-hydrogen) atoms. The lowest BCUT2D eigenvalue weighted by atomic mass is 9.94. The van der Waals surface area contributed by atoms with Gasteiger partial charge in [-0.25, -0.2) is 22.6 Å². The number of methoxy groups -OCH3 is 1. The van der Waals surface area contributed by atoms with Crippen molar-refractivity contribution in [1.82, 2.24) is 14.9 Å². The van der Waals surface area contributed by atoms with Crippen LogP contribution in [0.1, 0.15) is 45.2 Å². The molecule has 0 aliphatic carbocycles. The molecule has 5 rings (SSSR count). The molecular weight excluding hydrogens is 830 g/mol. The molecule has 2 heterocycles. The number of hydrogen-bond acceptors (Lipinski definition) is 14. The minimum atomic E-state index is -4.05.